The van der Waals surface area contributed by atoms with Gasteiger partial charge in [0.05, 0.1) is 11.6 Å². The molecule has 0 saturated heterocycles. The number of furan rings is 1. The first-order chi connectivity index (χ1) is 39.0. The fourth-order valence-corrected chi connectivity index (χ4v) is 13.6. The minimum absolute atomic E-state index is 0.221. The van der Waals surface area contributed by atoms with E-state index in [0.717, 1.165) is 55.3 Å². The SMILES string of the molecule is CC(C)(C)c1cc(C(C)(C)C)c(-c2ccc3c(c2)-c2ccc(C#N)cc2-c2ccccc2-c2ccccc2-3)c(C(C)(C)C)c1-c1ccc2c(c1)-c1ccccc1-c1ccccc1-c1cc(-c3cccc4c3oc3ccccc34)ccc1-2. The molecule has 0 radical (unpaired) electrons. The predicted molar refractivity (Wildman–Crippen MR) is 341 cm³/mol. The molecule has 1 aromatic heterocycles. The number of fused-ring (bicyclic) bond motifs is 19. The average molecular weight is 1040 g/mol. The van der Waals surface area contributed by atoms with Gasteiger partial charge in [0.1, 0.15) is 11.2 Å². The molecule has 2 aliphatic rings. The maximum atomic E-state index is 10.3. The molecule has 0 atom stereocenters. The van der Waals surface area contributed by atoms with Crippen LogP contribution in [0.1, 0.15) is 84.6 Å². The van der Waals surface area contributed by atoms with Gasteiger partial charge in [0.2, 0.25) is 0 Å². The average Bonchev–Trinajstić information content (AvgIpc) is 4.00. The van der Waals surface area contributed by atoms with Gasteiger partial charge in [-0.2, -0.15) is 5.26 Å². The molecule has 390 valence electrons. The zero-order valence-corrected chi connectivity index (χ0v) is 47.6. The molecule has 0 bridgehead atoms. The lowest BCUT2D eigenvalue weighted by molar-refractivity contribution is 0.553. The van der Waals surface area contributed by atoms with E-state index in [1.165, 1.54) is 106 Å². The van der Waals surface area contributed by atoms with Crippen LogP contribution < -0.4 is 0 Å². The Morgan fingerprint density at radius 3 is 1.09 bits per heavy atom. The standard InChI is InChI=1S/C79H63NO/c1-77(2,3)70-45-71(78(4,5)6)74(50-35-39-60-56-25-11-10-21-52(56)53-22-12-15-26-57(53)66-41-47(46-80)33-37-63(66)69(60)44-50)75(79(7,8)9)73(70)49-36-40-62-61-38-34-48(51-30-20-31-65-64-29-18-19-32-72(64)81-76(51)65)42-67(61)58-27-16-13-23-54(58)55-24-14-17-28-59(55)68(62)43-49/h10-45H,1-9H3. The number of hydrogen-bond acceptors (Lipinski definition) is 2. The van der Waals surface area contributed by atoms with Gasteiger partial charge in [-0.3, -0.25) is 0 Å². The van der Waals surface area contributed by atoms with Crippen LogP contribution in [0.25, 0.3) is 144 Å². The first-order valence-corrected chi connectivity index (χ1v) is 28.5. The molecule has 2 heteroatoms. The summed E-state index contributed by atoms with van der Waals surface area (Å²) in [6.07, 6.45) is 0. The Morgan fingerprint density at radius 2 is 0.642 bits per heavy atom. The quantitative estimate of drug-likeness (QED) is 0.177. The van der Waals surface area contributed by atoms with Gasteiger partial charge in [-0.25, -0.2) is 0 Å². The lowest BCUT2D eigenvalue weighted by atomic mass is 9.66. The molecular weight excluding hydrogens is 979 g/mol. The van der Waals surface area contributed by atoms with Crippen molar-refractivity contribution in [1.29, 1.82) is 5.26 Å². The van der Waals surface area contributed by atoms with E-state index in [0.29, 0.717) is 5.56 Å². The number of nitriles is 1. The third-order valence-corrected chi connectivity index (χ3v) is 17.2. The van der Waals surface area contributed by atoms with Crippen molar-refractivity contribution in [3.8, 4) is 128 Å². The van der Waals surface area contributed by atoms with E-state index in [1.54, 1.807) is 0 Å². The van der Waals surface area contributed by atoms with E-state index in [4.69, 9.17) is 4.42 Å². The van der Waals surface area contributed by atoms with E-state index in [2.05, 4.69) is 275 Å². The van der Waals surface area contributed by atoms with Gasteiger partial charge < -0.3 is 4.42 Å². The van der Waals surface area contributed by atoms with Crippen molar-refractivity contribution in [2.75, 3.05) is 0 Å². The summed E-state index contributed by atoms with van der Waals surface area (Å²) in [5, 5.41) is 12.6. The lowest BCUT2D eigenvalue weighted by Gasteiger charge is -2.37. The smallest absolute Gasteiger partial charge is 0.143 e. The Bertz CT molecular complexity index is 4640. The summed E-state index contributed by atoms with van der Waals surface area (Å²) >= 11 is 0. The van der Waals surface area contributed by atoms with Crippen molar-refractivity contribution in [2.24, 2.45) is 0 Å². The molecular formula is C79H63NO. The number of benzene rings is 11. The van der Waals surface area contributed by atoms with Gasteiger partial charge in [-0.15, -0.1) is 0 Å². The summed E-state index contributed by atoms with van der Waals surface area (Å²) in [6, 6.07) is 83.3. The maximum absolute atomic E-state index is 10.3. The van der Waals surface area contributed by atoms with Gasteiger partial charge in [0, 0.05) is 16.3 Å². The van der Waals surface area contributed by atoms with Crippen LogP contribution in [0, 0.1) is 11.3 Å². The summed E-state index contributed by atoms with van der Waals surface area (Å²) in [6.45, 7) is 21.5. The lowest BCUT2D eigenvalue weighted by Crippen LogP contribution is -2.25. The van der Waals surface area contributed by atoms with Crippen LogP contribution in [-0.2, 0) is 16.2 Å². The van der Waals surface area contributed by atoms with Crippen LogP contribution in [0.3, 0.4) is 0 Å². The summed E-state index contributed by atoms with van der Waals surface area (Å²) in [5.41, 5.74) is 31.7. The number of para-hydroxylation sites is 2. The van der Waals surface area contributed by atoms with E-state index in [-0.39, 0.29) is 16.2 Å². The Kier molecular flexibility index (Phi) is 11.3. The van der Waals surface area contributed by atoms with Gasteiger partial charge >= 0.3 is 0 Å². The highest BCUT2D eigenvalue weighted by Crippen LogP contribution is 2.56. The fourth-order valence-electron chi connectivity index (χ4n) is 13.6. The summed E-state index contributed by atoms with van der Waals surface area (Å²) < 4.78 is 6.65. The second-order valence-electron chi connectivity index (χ2n) is 25.5. The van der Waals surface area contributed by atoms with Crippen LogP contribution >= 0.6 is 0 Å². The van der Waals surface area contributed by atoms with Crippen molar-refractivity contribution < 1.29 is 4.42 Å². The van der Waals surface area contributed by atoms with E-state index in [1.807, 2.05) is 12.1 Å². The highest BCUT2D eigenvalue weighted by molar-refractivity contribution is 6.11. The summed E-state index contributed by atoms with van der Waals surface area (Å²) in [5.74, 6) is 0. The molecule has 0 saturated carbocycles. The predicted octanol–water partition coefficient (Wildman–Crippen LogP) is 22.3. The third kappa shape index (κ3) is 8.04. The Hall–Kier alpha value is -9.29. The molecule has 14 rings (SSSR count). The van der Waals surface area contributed by atoms with E-state index >= 15 is 0 Å². The van der Waals surface area contributed by atoms with Crippen molar-refractivity contribution in [1.82, 2.24) is 0 Å². The second kappa shape index (κ2) is 18.4. The van der Waals surface area contributed by atoms with Gasteiger partial charge in [0.25, 0.3) is 0 Å². The van der Waals surface area contributed by atoms with Crippen molar-refractivity contribution in [3.05, 3.63) is 241 Å². The minimum Gasteiger partial charge on any atom is -0.455 e. The topological polar surface area (TPSA) is 36.9 Å². The van der Waals surface area contributed by atoms with E-state index < -0.39 is 0 Å². The monoisotopic (exact) mass is 1040 g/mol. The molecule has 2 aliphatic carbocycles. The Balaban J connectivity index is 1.04. The highest BCUT2D eigenvalue weighted by atomic mass is 16.3. The van der Waals surface area contributed by atoms with Gasteiger partial charge in [0.15, 0.2) is 0 Å². The first-order valence-electron chi connectivity index (χ1n) is 28.5. The van der Waals surface area contributed by atoms with Crippen LogP contribution in [0.15, 0.2) is 223 Å². The Morgan fingerprint density at radius 1 is 0.296 bits per heavy atom. The summed E-state index contributed by atoms with van der Waals surface area (Å²) in [4.78, 5) is 0. The third-order valence-electron chi connectivity index (χ3n) is 17.2. The number of hydrogen-bond donors (Lipinski definition) is 0. The molecule has 0 spiro atoms. The summed E-state index contributed by atoms with van der Waals surface area (Å²) in [7, 11) is 0. The first kappa shape index (κ1) is 50.0. The van der Waals surface area contributed by atoms with Crippen molar-refractivity contribution in [2.45, 2.75) is 78.6 Å². The molecule has 1 heterocycles. The molecule has 81 heavy (non-hydrogen) atoms. The normalized spacial score (nSPS) is 12.5. The fraction of sp³-hybridized carbons (Fsp3) is 0.152. The molecule has 0 amide bonds. The van der Waals surface area contributed by atoms with Crippen molar-refractivity contribution in [3.63, 3.8) is 0 Å². The molecule has 11 aromatic carbocycles. The van der Waals surface area contributed by atoms with Gasteiger partial charge in [-0.1, -0.05) is 244 Å². The van der Waals surface area contributed by atoms with Gasteiger partial charge in [-0.05, 0) is 186 Å². The van der Waals surface area contributed by atoms with Crippen LogP contribution in [-0.4, -0.2) is 0 Å². The van der Waals surface area contributed by atoms with Crippen LogP contribution in [0.2, 0.25) is 0 Å². The maximum Gasteiger partial charge on any atom is 0.143 e. The largest absolute Gasteiger partial charge is 0.455 e. The molecule has 12 aromatic rings. The minimum atomic E-state index is -0.311. The number of rotatable bonds is 3. The second-order valence-corrected chi connectivity index (χ2v) is 25.5. The zero-order valence-electron chi connectivity index (χ0n) is 47.6. The van der Waals surface area contributed by atoms with Crippen LogP contribution in [0.5, 0.6) is 0 Å². The van der Waals surface area contributed by atoms with Crippen molar-refractivity contribution >= 4 is 21.9 Å². The molecule has 0 aliphatic heterocycles. The molecule has 0 fully saturated rings. The van der Waals surface area contributed by atoms with Crippen LogP contribution in [0.4, 0.5) is 0 Å². The Labute approximate surface area is 476 Å². The zero-order chi connectivity index (χ0) is 55.7. The number of nitrogens with zero attached hydrogens (tertiary/aromatic N) is 1. The van der Waals surface area contributed by atoms with E-state index in [9.17, 15) is 5.26 Å². The molecule has 2 nitrogen and oxygen atoms in total. The molecule has 0 N–H and O–H groups in total. The highest BCUT2D eigenvalue weighted by Gasteiger charge is 2.36. The molecule has 0 unspecified atom stereocenters.